The van der Waals surface area contributed by atoms with Crippen molar-refractivity contribution in [3.05, 3.63) is 53.2 Å². The number of likely N-dealkylation sites (N-methyl/N-ethyl adjacent to an activating group) is 1. The summed E-state index contributed by atoms with van der Waals surface area (Å²) in [6, 6.07) is 16.5. The van der Waals surface area contributed by atoms with Gasteiger partial charge in [0, 0.05) is 54.9 Å². The van der Waals surface area contributed by atoms with Crippen LogP contribution >= 0.6 is 0 Å². The summed E-state index contributed by atoms with van der Waals surface area (Å²) in [5.74, 6) is 0.996. The Labute approximate surface area is 231 Å². The third kappa shape index (κ3) is 5.39. The first-order valence-electron chi connectivity index (χ1n) is 14.4. The minimum atomic E-state index is 0.145. The molecule has 204 valence electrons. The van der Waals surface area contributed by atoms with E-state index in [9.17, 15) is 5.26 Å². The molecule has 3 aliphatic rings. The Morgan fingerprint density at radius 3 is 2.77 bits per heavy atom. The zero-order valence-corrected chi connectivity index (χ0v) is 23.2. The maximum Gasteiger partial charge on any atom is 0.318 e. The second kappa shape index (κ2) is 11.4. The minimum absolute atomic E-state index is 0.145. The highest BCUT2D eigenvalue weighted by molar-refractivity contribution is 5.96. The molecule has 39 heavy (non-hydrogen) atoms. The number of anilines is 2. The number of nitriles is 1. The van der Waals surface area contributed by atoms with Crippen LogP contribution in [0.5, 0.6) is 6.01 Å². The highest BCUT2D eigenvalue weighted by Gasteiger charge is 2.29. The van der Waals surface area contributed by atoms with Crippen LogP contribution in [0.2, 0.25) is 0 Å². The van der Waals surface area contributed by atoms with E-state index in [0.717, 1.165) is 70.0 Å². The number of nitrogens with zero attached hydrogens (tertiary/aromatic N) is 6. The molecule has 3 aromatic rings. The molecule has 0 spiro atoms. The van der Waals surface area contributed by atoms with Gasteiger partial charge in [0.1, 0.15) is 12.4 Å². The third-order valence-electron chi connectivity index (χ3n) is 8.65. The molecule has 0 saturated carbocycles. The molecular weight excluding hydrogens is 486 g/mol. The average molecular weight is 526 g/mol. The van der Waals surface area contributed by atoms with E-state index in [1.54, 1.807) is 0 Å². The van der Waals surface area contributed by atoms with E-state index in [-0.39, 0.29) is 6.04 Å². The quantitative estimate of drug-likeness (QED) is 0.516. The van der Waals surface area contributed by atoms with Crippen molar-refractivity contribution < 1.29 is 4.74 Å². The van der Waals surface area contributed by atoms with Gasteiger partial charge in [0.25, 0.3) is 0 Å². The molecule has 2 aromatic carbocycles. The van der Waals surface area contributed by atoms with Gasteiger partial charge >= 0.3 is 6.01 Å². The Morgan fingerprint density at radius 2 is 1.95 bits per heavy atom. The van der Waals surface area contributed by atoms with Crippen LogP contribution in [0, 0.1) is 18.3 Å². The lowest BCUT2D eigenvalue weighted by molar-refractivity contribution is 0.187. The molecule has 1 aromatic heterocycles. The smallest absolute Gasteiger partial charge is 0.318 e. The number of rotatable bonds is 6. The van der Waals surface area contributed by atoms with Gasteiger partial charge < -0.3 is 24.8 Å². The molecule has 0 radical (unpaired) electrons. The van der Waals surface area contributed by atoms with E-state index in [0.29, 0.717) is 25.1 Å². The van der Waals surface area contributed by atoms with Gasteiger partial charge in [-0.3, -0.25) is 0 Å². The third-order valence-corrected chi connectivity index (χ3v) is 8.65. The summed E-state index contributed by atoms with van der Waals surface area (Å²) in [4.78, 5) is 17.3. The van der Waals surface area contributed by atoms with Crippen molar-refractivity contribution in [2.24, 2.45) is 0 Å². The van der Waals surface area contributed by atoms with Gasteiger partial charge in [0.15, 0.2) is 0 Å². The van der Waals surface area contributed by atoms with Crippen molar-refractivity contribution in [1.29, 1.82) is 5.26 Å². The van der Waals surface area contributed by atoms with Gasteiger partial charge in [-0.05, 0) is 63.2 Å². The lowest BCUT2D eigenvalue weighted by Gasteiger charge is -2.35. The van der Waals surface area contributed by atoms with E-state index >= 15 is 0 Å². The lowest BCUT2D eigenvalue weighted by atomic mass is 10.0. The van der Waals surface area contributed by atoms with E-state index in [1.807, 2.05) is 0 Å². The largest absolute Gasteiger partial charge is 0.462 e. The second-order valence-corrected chi connectivity index (χ2v) is 11.3. The number of hydrogen-bond acceptors (Lipinski definition) is 8. The fourth-order valence-corrected chi connectivity index (χ4v) is 6.51. The Hall–Kier alpha value is -3.41. The first kappa shape index (κ1) is 25.8. The number of hydrogen-bond donors (Lipinski definition) is 1. The molecule has 4 heterocycles. The number of nitrogens with one attached hydrogen (secondary N) is 1. The summed E-state index contributed by atoms with van der Waals surface area (Å²) >= 11 is 0. The van der Waals surface area contributed by atoms with Crippen LogP contribution in [-0.4, -0.2) is 73.3 Å². The van der Waals surface area contributed by atoms with Crippen LogP contribution in [0.3, 0.4) is 0 Å². The van der Waals surface area contributed by atoms with Gasteiger partial charge in [-0.25, -0.2) is 0 Å². The number of piperazine rings is 1. The van der Waals surface area contributed by atoms with E-state index in [4.69, 9.17) is 14.7 Å². The second-order valence-electron chi connectivity index (χ2n) is 11.3. The summed E-state index contributed by atoms with van der Waals surface area (Å²) in [5.41, 5.74) is 4.86. The Bertz CT molecular complexity index is 1360. The van der Waals surface area contributed by atoms with Gasteiger partial charge in [-0.1, -0.05) is 30.3 Å². The summed E-state index contributed by atoms with van der Waals surface area (Å²) in [5, 5.41) is 15.4. The monoisotopic (exact) mass is 525 g/mol. The van der Waals surface area contributed by atoms with Crippen LogP contribution in [0.25, 0.3) is 10.8 Å². The maximum atomic E-state index is 9.31. The highest BCUT2D eigenvalue weighted by Crippen LogP contribution is 2.35. The molecule has 0 bridgehead atoms. The standard InChI is InChI=1S/C31H39N7O/c1-22-7-3-8-23-9-4-12-28(29(22)23)37-17-6-11-26-27(20-37)34-31(39-21-25-10-5-16-36(25)2)35-30(26)38-18-15-33-24(19-38)13-14-32/h3-4,7-9,12,24-25,33H,5-6,10-11,13,15-21H2,1-2H3/t24?,25-/m0/s1. The average Bonchev–Trinajstić information content (AvgIpc) is 3.24. The van der Waals surface area contributed by atoms with Crippen molar-refractivity contribution in [1.82, 2.24) is 20.2 Å². The van der Waals surface area contributed by atoms with E-state index in [1.165, 1.54) is 34.0 Å². The highest BCUT2D eigenvalue weighted by atomic mass is 16.5. The molecular formula is C31H39N7O. The van der Waals surface area contributed by atoms with E-state index in [2.05, 4.69) is 76.5 Å². The van der Waals surface area contributed by atoms with Gasteiger partial charge in [-0.15, -0.1) is 0 Å². The number of aromatic nitrogens is 2. The molecule has 1 N–H and O–H groups in total. The fourth-order valence-electron chi connectivity index (χ4n) is 6.51. The SMILES string of the molecule is Cc1cccc2cccc(N3CCCc4c(nc(OC[C@@H]5CCCN5C)nc4N4CCNC(CC#N)C4)C3)c12. The van der Waals surface area contributed by atoms with Crippen molar-refractivity contribution in [3.63, 3.8) is 0 Å². The molecule has 6 rings (SSSR count). The Morgan fingerprint density at radius 1 is 1.08 bits per heavy atom. The van der Waals surface area contributed by atoms with Crippen molar-refractivity contribution in [3.8, 4) is 12.1 Å². The van der Waals surface area contributed by atoms with Gasteiger partial charge in [-0.2, -0.15) is 15.2 Å². The Balaban J connectivity index is 1.36. The Kier molecular flexibility index (Phi) is 7.53. The van der Waals surface area contributed by atoms with Gasteiger partial charge in [0.2, 0.25) is 0 Å². The summed E-state index contributed by atoms with van der Waals surface area (Å²) < 4.78 is 6.33. The molecule has 8 nitrogen and oxygen atoms in total. The first-order valence-corrected chi connectivity index (χ1v) is 14.4. The fraction of sp³-hybridized carbons (Fsp3) is 0.516. The predicted octanol–water partition coefficient (Wildman–Crippen LogP) is 4.06. The van der Waals surface area contributed by atoms with Crippen LogP contribution in [0.15, 0.2) is 36.4 Å². The first-order chi connectivity index (χ1) is 19.1. The summed E-state index contributed by atoms with van der Waals surface area (Å²) in [6.45, 7) is 8.10. The van der Waals surface area contributed by atoms with Crippen molar-refractivity contribution in [2.75, 3.05) is 56.2 Å². The number of benzene rings is 2. The number of aryl methyl sites for hydroxylation is 1. The number of likely N-dealkylation sites (tertiary alicyclic amines) is 1. The van der Waals surface area contributed by atoms with Crippen LogP contribution < -0.4 is 19.9 Å². The van der Waals surface area contributed by atoms with Crippen LogP contribution in [0.1, 0.15) is 42.5 Å². The zero-order chi connectivity index (χ0) is 26.8. The molecule has 2 atom stereocenters. The normalized spacial score (nSPS) is 22.0. The van der Waals surface area contributed by atoms with Crippen LogP contribution in [-0.2, 0) is 13.0 Å². The molecule has 0 aliphatic carbocycles. The molecule has 3 aliphatic heterocycles. The molecule has 2 fully saturated rings. The van der Waals surface area contributed by atoms with Gasteiger partial charge in [0.05, 0.1) is 24.7 Å². The lowest BCUT2D eigenvalue weighted by Crippen LogP contribution is -2.51. The van der Waals surface area contributed by atoms with E-state index < -0.39 is 0 Å². The zero-order valence-electron chi connectivity index (χ0n) is 23.2. The number of ether oxygens (including phenoxy) is 1. The maximum absolute atomic E-state index is 9.31. The molecule has 8 heteroatoms. The van der Waals surface area contributed by atoms with Crippen molar-refractivity contribution in [2.45, 2.75) is 57.7 Å². The molecule has 2 saturated heterocycles. The van der Waals surface area contributed by atoms with Crippen LogP contribution in [0.4, 0.5) is 11.5 Å². The molecule has 1 unspecified atom stereocenters. The predicted molar refractivity (Wildman–Crippen MR) is 155 cm³/mol. The van der Waals surface area contributed by atoms with Crippen molar-refractivity contribution >= 4 is 22.3 Å². The summed E-state index contributed by atoms with van der Waals surface area (Å²) in [6.07, 6.45) is 4.82. The summed E-state index contributed by atoms with van der Waals surface area (Å²) in [7, 11) is 2.17. The topological polar surface area (TPSA) is 80.6 Å². The minimum Gasteiger partial charge on any atom is -0.462 e. The number of fused-ring (bicyclic) bond motifs is 2. The molecule has 0 amide bonds.